The van der Waals surface area contributed by atoms with E-state index in [2.05, 4.69) is 43.0 Å². The first-order chi connectivity index (χ1) is 10.7. The van der Waals surface area contributed by atoms with Gasteiger partial charge >= 0.3 is 0 Å². The normalized spacial score (nSPS) is 22.5. The highest BCUT2D eigenvalue weighted by Crippen LogP contribution is 2.31. The summed E-state index contributed by atoms with van der Waals surface area (Å²) in [5, 5.41) is 0. The quantitative estimate of drug-likeness (QED) is 0.830. The molecule has 3 unspecified atom stereocenters. The summed E-state index contributed by atoms with van der Waals surface area (Å²) in [6, 6.07) is 10.8. The molecule has 1 aliphatic carbocycles. The Morgan fingerprint density at radius 3 is 2.55 bits per heavy atom. The molecule has 0 aromatic heterocycles. The van der Waals surface area contributed by atoms with Crippen molar-refractivity contribution < 1.29 is 4.79 Å². The first-order valence-corrected chi connectivity index (χ1v) is 8.78. The molecule has 2 rings (SSSR count). The number of benzene rings is 1. The smallest absolute Gasteiger partial charge is 0.226 e. The lowest BCUT2D eigenvalue weighted by Crippen LogP contribution is -2.39. The van der Waals surface area contributed by atoms with Crippen molar-refractivity contribution in [2.45, 2.75) is 64.5 Å². The van der Waals surface area contributed by atoms with E-state index in [-0.39, 0.29) is 18.0 Å². The second-order valence-corrected chi connectivity index (χ2v) is 6.49. The molecule has 2 N–H and O–H groups in total. The monoisotopic (exact) mass is 302 g/mol. The summed E-state index contributed by atoms with van der Waals surface area (Å²) >= 11 is 0. The molecule has 1 aromatic rings. The van der Waals surface area contributed by atoms with Crippen LogP contribution in [0.4, 0.5) is 0 Å². The summed E-state index contributed by atoms with van der Waals surface area (Å²) in [4.78, 5) is 15.2. The maximum atomic E-state index is 13.0. The number of hydrogen-bond acceptors (Lipinski definition) is 2. The predicted molar refractivity (Wildman–Crippen MR) is 91.4 cm³/mol. The number of rotatable bonds is 7. The largest absolute Gasteiger partial charge is 0.335 e. The van der Waals surface area contributed by atoms with E-state index in [1.54, 1.807) is 0 Å². The molecule has 0 saturated heterocycles. The highest BCUT2D eigenvalue weighted by atomic mass is 16.2. The van der Waals surface area contributed by atoms with Gasteiger partial charge in [-0.05, 0) is 37.7 Å². The number of unbranched alkanes of at least 4 members (excludes halogenated alkanes) is 1. The average molecular weight is 302 g/mol. The van der Waals surface area contributed by atoms with Gasteiger partial charge in [0.15, 0.2) is 0 Å². The summed E-state index contributed by atoms with van der Waals surface area (Å²) in [6.07, 6.45) is 5.92. The Balaban J connectivity index is 2.18. The fourth-order valence-electron chi connectivity index (χ4n) is 3.53. The third kappa shape index (κ3) is 4.10. The van der Waals surface area contributed by atoms with E-state index in [0.717, 1.165) is 45.1 Å². The predicted octanol–water partition coefficient (Wildman–Crippen LogP) is 3.89. The number of carbonyl (C=O) groups is 1. The minimum Gasteiger partial charge on any atom is -0.335 e. The molecule has 3 atom stereocenters. The van der Waals surface area contributed by atoms with Crippen LogP contribution >= 0.6 is 0 Å². The van der Waals surface area contributed by atoms with Gasteiger partial charge in [-0.1, -0.05) is 50.6 Å². The van der Waals surface area contributed by atoms with E-state index in [1.807, 2.05) is 6.07 Å². The standard InChI is InChI=1S/C19H30N2O/c1-3-5-13-21(19(22)16-11-12-17(20)14-16)18(4-2)15-9-7-6-8-10-15/h6-10,16-18H,3-5,11-14,20H2,1-2H3. The van der Waals surface area contributed by atoms with Gasteiger partial charge < -0.3 is 10.6 Å². The number of hydrogen-bond donors (Lipinski definition) is 1. The van der Waals surface area contributed by atoms with Crippen molar-refractivity contribution in [2.24, 2.45) is 11.7 Å². The van der Waals surface area contributed by atoms with Crippen LogP contribution in [0.25, 0.3) is 0 Å². The fraction of sp³-hybridized carbons (Fsp3) is 0.632. The molecule has 1 fully saturated rings. The number of nitrogens with two attached hydrogens (primary N) is 1. The number of amides is 1. The molecule has 0 bridgehead atoms. The average Bonchev–Trinajstić information content (AvgIpc) is 2.98. The van der Waals surface area contributed by atoms with Crippen molar-refractivity contribution in [3.8, 4) is 0 Å². The SMILES string of the molecule is CCCCN(C(=O)C1CCC(N)C1)C(CC)c1ccccc1. The van der Waals surface area contributed by atoms with Crippen LogP contribution in [0.5, 0.6) is 0 Å². The zero-order valence-corrected chi connectivity index (χ0v) is 14.0. The van der Waals surface area contributed by atoms with Gasteiger partial charge in [0.2, 0.25) is 5.91 Å². The Morgan fingerprint density at radius 1 is 1.27 bits per heavy atom. The van der Waals surface area contributed by atoms with E-state index in [4.69, 9.17) is 5.73 Å². The van der Waals surface area contributed by atoms with Gasteiger partial charge in [-0.2, -0.15) is 0 Å². The van der Waals surface area contributed by atoms with E-state index in [1.165, 1.54) is 5.56 Å². The van der Waals surface area contributed by atoms with Crippen molar-refractivity contribution in [1.82, 2.24) is 4.90 Å². The number of carbonyl (C=O) groups excluding carboxylic acids is 1. The van der Waals surface area contributed by atoms with Crippen LogP contribution in [-0.2, 0) is 4.79 Å². The molecule has 122 valence electrons. The molecule has 0 radical (unpaired) electrons. The fourth-order valence-corrected chi connectivity index (χ4v) is 3.53. The van der Waals surface area contributed by atoms with Crippen LogP contribution in [0.3, 0.4) is 0 Å². The van der Waals surface area contributed by atoms with Crippen molar-refractivity contribution in [2.75, 3.05) is 6.54 Å². The van der Waals surface area contributed by atoms with E-state index >= 15 is 0 Å². The van der Waals surface area contributed by atoms with Gasteiger partial charge in [-0.15, -0.1) is 0 Å². The van der Waals surface area contributed by atoms with Crippen molar-refractivity contribution in [3.05, 3.63) is 35.9 Å². The lowest BCUT2D eigenvalue weighted by Gasteiger charge is -2.34. The zero-order chi connectivity index (χ0) is 15.9. The van der Waals surface area contributed by atoms with Gasteiger partial charge in [0.25, 0.3) is 0 Å². The molecular formula is C19H30N2O. The van der Waals surface area contributed by atoms with Crippen LogP contribution < -0.4 is 5.73 Å². The maximum Gasteiger partial charge on any atom is 0.226 e. The molecule has 22 heavy (non-hydrogen) atoms. The maximum absolute atomic E-state index is 13.0. The molecule has 1 amide bonds. The lowest BCUT2D eigenvalue weighted by molar-refractivity contribution is -0.138. The van der Waals surface area contributed by atoms with E-state index in [0.29, 0.717) is 5.91 Å². The Morgan fingerprint density at radius 2 is 2.00 bits per heavy atom. The first kappa shape index (κ1) is 17.0. The van der Waals surface area contributed by atoms with E-state index < -0.39 is 0 Å². The second kappa shape index (κ2) is 8.33. The Hall–Kier alpha value is -1.35. The highest BCUT2D eigenvalue weighted by molar-refractivity contribution is 5.79. The zero-order valence-electron chi connectivity index (χ0n) is 14.0. The van der Waals surface area contributed by atoms with Gasteiger partial charge in [0.05, 0.1) is 6.04 Å². The molecule has 1 aromatic carbocycles. The van der Waals surface area contributed by atoms with Crippen LogP contribution in [0.2, 0.25) is 0 Å². The molecule has 0 spiro atoms. The first-order valence-electron chi connectivity index (χ1n) is 8.78. The molecule has 3 nitrogen and oxygen atoms in total. The Labute approximate surface area is 134 Å². The lowest BCUT2D eigenvalue weighted by atomic mass is 9.98. The van der Waals surface area contributed by atoms with Crippen molar-refractivity contribution in [1.29, 1.82) is 0 Å². The molecule has 3 heteroatoms. The third-order valence-electron chi connectivity index (χ3n) is 4.81. The highest BCUT2D eigenvalue weighted by Gasteiger charge is 2.33. The Bertz CT molecular complexity index is 460. The summed E-state index contributed by atoms with van der Waals surface area (Å²) in [5.74, 6) is 0.446. The van der Waals surface area contributed by atoms with Crippen molar-refractivity contribution >= 4 is 5.91 Å². The Kier molecular flexibility index (Phi) is 6.44. The van der Waals surface area contributed by atoms with Gasteiger partial charge in [0, 0.05) is 18.5 Å². The molecule has 0 heterocycles. The minimum absolute atomic E-state index is 0.129. The van der Waals surface area contributed by atoms with Crippen LogP contribution in [0.15, 0.2) is 30.3 Å². The van der Waals surface area contributed by atoms with Crippen molar-refractivity contribution in [3.63, 3.8) is 0 Å². The minimum atomic E-state index is 0.129. The number of nitrogens with zero attached hydrogens (tertiary/aromatic N) is 1. The summed E-state index contributed by atoms with van der Waals surface area (Å²) < 4.78 is 0. The molecule has 1 saturated carbocycles. The van der Waals surface area contributed by atoms with Gasteiger partial charge in [-0.25, -0.2) is 0 Å². The van der Waals surface area contributed by atoms with Crippen LogP contribution in [-0.4, -0.2) is 23.4 Å². The van der Waals surface area contributed by atoms with Gasteiger partial charge in [0.1, 0.15) is 0 Å². The van der Waals surface area contributed by atoms with Crippen LogP contribution in [0.1, 0.15) is 64.0 Å². The second-order valence-electron chi connectivity index (χ2n) is 6.49. The summed E-state index contributed by atoms with van der Waals surface area (Å²) in [5.41, 5.74) is 7.26. The third-order valence-corrected chi connectivity index (χ3v) is 4.81. The molecular weight excluding hydrogens is 272 g/mol. The summed E-state index contributed by atoms with van der Waals surface area (Å²) in [7, 11) is 0. The summed E-state index contributed by atoms with van der Waals surface area (Å²) in [6.45, 7) is 5.20. The molecule has 0 aliphatic heterocycles. The van der Waals surface area contributed by atoms with Gasteiger partial charge in [-0.3, -0.25) is 4.79 Å². The molecule has 1 aliphatic rings. The van der Waals surface area contributed by atoms with Crippen LogP contribution in [0, 0.1) is 5.92 Å². The van der Waals surface area contributed by atoms with E-state index in [9.17, 15) is 4.79 Å². The topological polar surface area (TPSA) is 46.3 Å².